The maximum Gasteiger partial charge on any atom is 0.258 e. The predicted molar refractivity (Wildman–Crippen MR) is 123 cm³/mol. The third-order valence-corrected chi connectivity index (χ3v) is 6.08. The van der Waals surface area contributed by atoms with Crippen molar-refractivity contribution < 1.29 is 14.3 Å². The standard InChI is InChI=1S/C26H34N2O3/c1-3-21(4-2)26(30)28-16-14-23(15-17-28)27-25(29)19-31-24-13-9-8-12-22(24)18-20-10-6-5-7-11-20/h5-13,21,23H,3-4,14-19H2,1-2H3,(H,27,29). The Kier molecular flexibility index (Phi) is 8.51. The molecule has 1 fully saturated rings. The summed E-state index contributed by atoms with van der Waals surface area (Å²) in [4.78, 5) is 26.9. The number of carbonyl (C=O) groups is 2. The number of piperidine rings is 1. The lowest BCUT2D eigenvalue weighted by Gasteiger charge is -2.34. The van der Waals surface area contributed by atoms with Crippen LogP contribution in [0.25, 0.3) is 0 Å². The van der Waals surface area contributed by atoms with Crippen LogP contribution < -0.4 is 10.1 Å². The SMILES string of the molecule is CCC(CC)C(=O)N1CCC(NC(=O)COc2ccccc2Cc2ccccc2)CC1. The topological polar surface area (TPSA) is 58.6 Å². The van der Waals surface area contributed by atoms with E-state index < -0.39 is 0 Å². The number of nitrogens with zero attached hydrogens (tertiary/aromatic N) is 1. The van der Waals surface area contributed by atoms with Crippen molar-refractivity contribution in [3.8, 4) is 5.75 Å². The van der Waals surface area contributed by atoms with E-state index in [4.69, 9.17) is 4.74 Å². The summed E-state index contributed by atoms with van der Waals surface area (Å²) < 4.78 is 5.86. The average Bonchev–Trinajstić information content (AvgIpc) is 2.80. The summed E-state index contributed by atoms with van der Waals surface area (Å²) in [6, 6.07) is 18.2. The number of para-hydroxylation sites is 1. The molecule has 1 aliphatic rings. The van der Waals surface area contributed by atoms with Gasteiger partial charge in [0.2, 0.25) is 5.91 Å². The van der Waals surface area contributed by atoms with E-state index in [9.17, 15) is 9.59 Å². The Hall–Kier alpha value is -2.82. The summed E-state index contributed by atoms with van der Waals surface area (Å²) in [6.45, 7) is 5.55. The number of nitrogens with one attached hydrogen (secondary N) is 1. The zero-order valence-electron chi connectivity index (χ0n) is 18.7. The molecular formula is C26H34N2O3. The zero-order valence-corrected chi connectivity index (χ0v) is 18.7. The quantitative estimate of drug-likeness (QED) is 0.659. The van der Waals surface area contributed by atoms with Crippen LogP contribution in [0.15, 0.2) is 54.6 Å². The molecule has 1 N–H and O–H groups in total. The zero-order chi connectivity index (χ0) is 22.1. The second kappa shape index (κ2) is 11.5. The van der Waals surface area contributed by atoms with Gasteiger partial charge in [0, 0.05) is 31.5 Å². The molecule has 5 heteroatoms. The minimum atomic E-state index is -0.112. The fraction of sp³-hybridized carbons (Fsp3) is 0.462. The molecule has 0 aromatic heterocycles. The molecule has 5 nitrogen and oxygen atoms in total. The number of hydrogen-bond donors (Lipinski definition) is 1. The molecule has 2 aromatic carbocycles. The first-order chi connectivity index (χ1) is 15.1. The molecule has 2 amide bonds. The smallest absolute Gasteiger partial charge is 0.258 e. The van der Waals surface area contributed by atoms with Crippen molar-refractivity contribution in [1.82, 2.24) is 10.2 Å². The molecule has 166 valence electrons. The van der Waals surface area contributed by atoms with Crippen molar-refractivity contribution in [3.63, 3.8) is 0 Å². The highest BCUT2D eigenvalue weighted by molar-refractivity contribution is 5.79. The molecule has 0 saturated carbocycles. The molecule has 0 aliphatic carbocycles. The number of amides is 2. The van der Waals surface area contributed by atoms with Crippen LogP contribution in [0, 0.1) is 5.92 Å². The Bertz CT molecular complexity index is 841. The van der Waals surface area contributed by atoms with Gasteiger partial charge in [0.05, 0.1) is 0 Å². The maximum atomic E-state index is 12.5. The minimum absolute atomic E-state index is 0.00130. The monoisotopic (exact) mass is 422 g/mol. The molecule has 0 bridgehead atoms. The van der Waals surface area contributed by atoms with E-state index in [2.05, 4.69) is 31.3 Å². The molecule has 3 rings (SSSR count). The van der Waals surface area contributed by atoms with Crippen LogP contribution in [0.2, 0.25) is 0 Å². The van der Waals surface area contributed by atoms with Crippen LogP contribution >= 0.6 is 0 Å². The third kappa shape index (κ3) is 6.58. The molecule has 1 aliphatic heterocycles. The normalized spacial score (nSPS) is 14.5. The number of ether oxygens (including phenoxy) is 1. The van der Waals surface area contributed by atoms with E-state index >= 15 is 0 Å². The fourth-order valence-corrected chi connectivity index (χ4v) is 4.16. The highest BCUT2D eigenvalue weighted by atomic mass is 16.5. The number of carbonyl (C=O) groups excluding carboxylic acids is 2. The number of hydrogen-bond acceptors (Lipinski definition) is 3. The van der Waals surface area contributed by atoms with Crippen LogP contribution in [0.1, 0.15) is 50.7 Å². The summed E-state index contributed by atoms with van der Waals surface area (Å²) in [6.07, 6.45) is 4.12. The van der Waals surface area contributed by atoms with Gasteiger partial charge in [-0.2, -0.15) is 0 Å². The van der Waals surface area contributed by atoms with E-state index in [0.29, 0.717) is 13.1 Å². The predicted octanol–water partition coefficient (Wildman–Crippen LogP) is 4.20. The molecule has 0 atom stereocenters. The molecule has 0 unspecified atom stereocenters. The van der Waals surface area contributed by atoms with E-state index in [1.54, 1.807) is 0 Å². The van der Waals surface area contributed by atoms with Gasteiger partial charge in [-0.05, 0) is 42.9 Å². The van der Waals surface area contributed by atoms with Gasteiger partial charge in [0.15, 0.2) is 6.61 Å². The molecule has 0 radical (unpaired) electrons. The largest absolute Gasteiger partial charge is 0.483 e. The van der Waals surface area contributed by atoms with Gasteiger partial charge in [-0.1, -0.05) is 62.4 Å². The van der Waals surface area contributed by atoms with Gasteiger partial charge in [0.1, 0.15) is 5.75 Å². The van der Waals surface area contributed by atoms with Crippen LogP contribution in [0.5, 0.6) is 5.75 Å². The van der Waals surface area contributed by atoms with Gasteiger partial charge >= 0.3 is 0 Å². The third-order valence-electron chi connectivity index (χ3n) is 6.08. The lowest BCUT2D eigenvalue weighted by molar-refractivity contribution is -0.137. The summed E-state index contributed by atoms with van der Waals surface area (Å²) in [5, 5.41) is 3.07. The molecule has 2 aromatic rings. The second-order valence-electron chi connectivity index (χ2n) is 8.24. The maximum absolute atomic E-state index is 12.5. The molecule has 31 heavy (non-hydrogen) atoms. The summed E-state index contributed by atoms with van der Waals surface area (Å²) in [5.74, 6) is 1.01. The summed E-state index contributed by atoms with van der Waals surface area (Å²) >= 11 is 0. The van der Waals surface area contributed by atoms with Crippen molar-refractivity contribution in [2.75, 3.05) is 19.7 Å². The van der Waals surface area contributed by atoms with Gasteiger partial charge in [0.25, 0.3) is 5.91 Å². The Morgan fingerprint density at radius 2 is 1.65 bits per heavy atom. The lowest BCUT2D eigenvalue weighted by atomic mass is 9.98. The van der Waals surface area contributed by atoms with E-state index in [1.807, 2.05) is 47.4 Å². The van der Waals surface area contributed by atoms with Gasteiger partial charge < -0.3 is 15.0 Å². The Balaban J connectivity index is 1.46. The van der Waals surface area contributed by atoms with E-state index in [-0.39, 0.29) is 30.4 Å². The van der Waals surface area contributed by atoms with Gasteiger partial charge in [-0.25, -0.2) is 0 Å². The van der Waals surface area contributed by atoms with Crippen molar-refractivity contribution in [2.24, 2.45) is 5.92 Å². The summed E-state index contributed by atoms with van der Waals surface area (Å²) in [7, 11) is 0. The highest BCUT2D eigenvalue weighted by Gasteiger charge is 2.27. The molecule has 1 saturated heterocycles. The van der Waals surface area contributed by atoms with Crippen LogP contribution in [-0.4, -0.2) is 42.5 Å². The highest BCUT2D eigenvalue weighted by Crippen LogP contribution is 2.22. The number of likely N-dealkylation sites (tertiary alicyclic amines) is 1. The van der Waals surface area contributed by atoms with E-state index in [1.165, 1.54) is 5.56 Å². The Labute approximate surface area is 185 Å². The lowest BCUT2D eigenvalue weighted by Crippen LogP contribution is -2.48. The van der Waals surface area contributed by atoms with E-state index in [0.717, 1.165) is 43.4 Å². The molecule has 1 heterocycles. The van der Waals surface area contributed by atoms with Crippen molar-refractivity contribution >= 4 is 11.8 Å². The Morgan fingerprint density at radius 3 is 2.32 bits per heavy atom. The first-order valence-corrected chi connectivity index (χ1v) is 11.4. The first kappa shape index (κ1) is 22.9. The molecule has 0 spiro atoms. The Morgan fingerprint density at radius 1 is 1.00 bits per heavy atom. The van der Waals surface area contributed by atoms with Crippen LogP contribution in [0.4, 0.5) is 0 Å². The van der Waals surface area contributed by atoms with Crippen molar-refractivity contribution in [3.05, 3.63) is 65.7 Å². The second-order valence-corrected chi connectivity index (χ2v) is 8.24. The van der Waals surface area contributed by atoms with Gasteiger partial charge in [-0.15, -0.1) is 0 Å². The van der Waals surface area contributed by atoms with Gasteiger partial charge in [-0.3, -0.25) is 9.59 Å². The summed E-state index contributed by atoms with van der Waals surface area (Å²) in [5.41, 5.74) is 2.27. The van der Waals surface area contributed by atoms with Crippen molar-refractivity contribution in [1.29, 1.82) is 0 Å². The van der Waals surface area contributed by atoms with Crippen LogP contribution in [0.3, 0.4) is 0 Å². The molecular weight excluding hydrogens is 388 g/mol. The number of benzene rings is 2. The number of rotatable bonds is 9. The van der Waals surface area contributed by atoms with Crippen LogP contribution in [-0.2, 0) is 16.0 Å². The first-order valence-electron chi connectivity index (χ1n) is 11.4. The average molecular weight is 423 g/mol. The fourth-order valence-electron chi connectivity index (χ4n) is 4.16. The van der Waals surface area contributed by atoms with Crippen molar-refractivity contribution in [2.45, 2.75) is 52.0 Å². The minimum Gasteiger partial charge on any atom is -0.483 e.